The second-order valence-electron chi connectivity index (χ2n) is 4.06. The van der Waals surface area contributed by atoms with Gasteiger partial charge in [-0.2, -0.15) is 0 Å². The summed E-state index contributed by atoms with van der Waals surface area (Å²) in [4.78, 5) is 0. The fraction of sp³-hybridized carbons (Fsp3) is 0.538. The van der Waals surface area contributed by atoms with Crippen molar-refractivity contribution >= 4 is 21.4 Å². The average molecular weight is 307 g/mol. The van der Waals surface area contributed by atoms with Crippen molar-refractivity contribution < 1.29 is 17.9 Å². The molecule has 0 aliphatic rings. The van der Waals surface area contributed by atoms with Crippen LogP contribution in [0.3, 0.4) is 0 Å². The van der Waals surface area contributed by atoms with Gasteiger partial charge in [0.25, 0.3) is 0 Å². The molecule has 108 valence electrons. The van der Waals surface area contributed by atoms with Crippen molar-refractivity contribution in [1.82, 2.24) is 0 Å². The molecule has 1 aromatic rings. The molecule has 0 atom stereocenters. The molecule has 0 fully saturated rings. The third kappa shape index (κ3) is 5.28. The highest BCUT2D eigenvalue weighted by Crippen LogP contribution is 2.28. The Morgan fingerprint density at radius 3 is 2.58 bits per heavy atom. The SMILES string of the molecule is CCS(=O)(=O)CCCOc1cc(CCl)ccc1OC. The zero-order chi connectivity index (χ0) is 14.3. The lowest BCUT2D eigenvalue weighted by atomic mass is 10.2. The van der Waals surface area contributed by atoms with Crippen LogP contribution in [0, 0.1) is 0 Å². The highest BCUT2D eigenvalue weighted by Gasteiger charge is 2.09. The summed E-state index contributed by atoms with van der Waals surface area (Å²) in [5.41, 5.74) is 0.929. The van der Waals surface area contributed by atoms with E-state index in [-0.39, 0.29) is 11.5 Å². The average Bonchev–Trinajstić information content (AvgIpc) is 2.43. The first-order valence-electron chi connectivity index (χ1n) is 6.08. The molecule has 0 N–H and O–H groups in total. The van der Waals surface area contributed by atoms with Crippen LogP contribution < -0.4 is 9.47 Å². The lowest BCUT2D eigenvalue weighted by Crippen LogP contribution is -2.12. The minimum absolute atomic E-state index is 0.140. The predicted molar refractivity (Wildman–Crippen MR) is 77.0 cm³/mol. The number of alkyl halides is 1. The Labute approximate surface area is 119 Å². The fourth-order valence-electron chi connectivity index (χ4n) is 1.52. The normalized spacial score (nSPS) is 11.3. The molecular weight excluding hydrogens is 288 g/mol. The van der Waals surface area contributed by atoms with Gasteiger partial charge in [-0.25, -0.2) is 8.42 Å². The first-order chi connectivity index (χ1) is 9.02. The van der Waals surface area contributed by atoms with E-state index >= 15 is 0 Å². The minimum atomic E-state index is -2.93. The van der Waals surface area contributed by atoms with Crippen LogP contribution in [0.2, 0.25) is 0 Å². The molecule has 0 spiro atoms. The van der Waals surface area contributed by atoms with Gasteiger partial charge in [-0.1, -0.05) is 13.0 Å². The van der Waals surface area contributed by atoms with E-state index in [9.17, 15) is 8.42 Å². The van der Waals surface area contributed by atoms with E-state index in [4.69, 9.17) is 21.1 Å². The molecule has 19 heavy (non-hydrogen) atoms. The summed E-state index contributed by atoms with van der Waals surface area (Å²) in [6.07, 6.45) is 0.463. The Bertz CT molecular complexity index is 499. The zero-order valence-corrected chi connectivity index (χ0v) is 12.8. The summed E-state index contributed by atoms with van der Waals surface area (Å²) in [6, 6.07) is 5.45. The Morgan fingerprint density at radius 2 is 2.00 bits per heavy atom. The van der Waals surface area contributed by atoms with E-state index in [0.29, 0.717) is 30.4 Å². The first-order valence-corrected chi connectivity index (χ1v) is 8.44. The molecule has 1 aromatic carbocycles. The Kier molecular flexibility index (Phi) is 6.45. The highest BCUT2D eigenvalue weighted by molar-refractivity contribution is 7.91. The lowest BCUT2D eigenvalue weighted by molar-refractivity contribution is 0.294. The van der Waals surface area contributed by atoms with E-state index in [0.717, 1.165) is 5.56 Å². The molecule has 6 heteroatoms. The lowest BCUT2D eigenvalue weighted by Gasteiger charge is -2.11. The molecule has 0 aromatic heterocycles. The quantitative estimate of drug-likeness (QED) is 0.547. The van der Waals surface area contributed by atoms with E-state index in [1.807, 2.05) is 6.07 Å². The maximum Gasteiger partial charge on any atom is 0.161 e. The molecule has 0 amide bonds. The molecule has 4 nitrogen and oxygen atoms in total. The molecule has 0 aliphatic heterocycles. The van der Waals surface area contributed by atoms with Gasteiger partial charge in [0, 0.05) is 11.6 Å². The van der Waals surface area contributed by atoms with Crippen LogP contribution in [0.15, 0.2) is 18.2 Å². The summed E-state index contributed by atoms with van der Waals surface area (Å²) in [5.74, 6) is 1.91. The number of methoxy groups -OCH3 is 1. The van der Waals surface area contributed by atoms with Gasteiger partial charge >= 0.3 is 0 Å². The molecule has 0 saturated carbocycles. The van der Waals surface area contributed by atoms with E-state index in [1.54, 1.807) is 26.2 Å². The van der Waals surface area contributed by atoms with Crippen LogP contribution in [0.5, 0.6) is 11.5 Å². The summed E-state index contributed by atoms with van der Waals surface area (Å²) in [5, 5.41) is 0. The molecule has 0 bridgehead atoms. The molecule has 0 heterocycles. The zero-order valence-electron chi connectivity index (χ0n) is 11.2. The van der Waals surface area contributed by atoms with Crippen LogP contribution in [0.4, 0.5) is 0 Å². The van der Waals surface area contributed by atoms with Crippen molar-refractivity contribution in [2.75, 3.05) is 25.2 Å². The van der Waals surface area contributed by atoms with Gasteiger partial charge < -0.3 is 9.47 Å². The van der Waals surface area contributed by atoms with Crippen molar-refractivity contribution in [2.45, 2.75) is 19.2 Å². The molecular formula is C13H19ClO4S. The molecule has 0 aliphatic carbocycles. The fourth-order valence-corrected chi connectivity index (χ4v) is 2.53. The van der Waals surface area contributed by atoms with Crippen molar-refractivity contribution in [2.24, 2.45) is 0 Å². The van der Waals surface area contributed by atoms with Crippen molar-refractivity contribution in [1.29, 1.82) is 0 Å². The largest absolute Gasteiger partial charge is 0.493 e. The summed E-state index contributed by atoms with van der Waals surface area (Å²) < 4.78 is 33.4. The van der Waals surface area contributed by atoms with Gasteiger partial charge in [-0.3, -0.25) is 0 Å². The topological polar surface area (TPSA) is 52.6 Å². The number of rotatable bonds is 8. The van der Waals surface area contributed by atoms with Crippen molar-refractivity contribution in [3.63, 3.8) is 0 Å². The molecule has 0 unspecified atom stereocenters. The Balaban J connectivity index is 2.57. The van der Waals surface area contributed by atoms with Crippen molar-refractivity contribution in [3.8, 4) is 11.5 Å². The molecule has 0 saturated heterocycles. The molecule has 0 radical (unpaired) electrons. The van der Waals surface area contributed by atoms with E-state index in [2.05, 4.69) is 0 Å². The van der Waals surface area contributed by atoms with Gasteiger partial charge in [-0.05, 0) is 24.1 Å². The smallest absolute Gasteiger partial charge is 0.161 e. The maximum atomic E-state index is 11.3. The molecule has 1 rings (SSSR count). The summed E-state index contributed by atoms with van der Waals surface area (Å²) >= 11 is 5.76. The van der Waals surface area contributed by atoms with E-state index in [1.165, 1.54) is 0 Å². The van der Waals surface area contributed by atoms with Crippen LogP contribution in [0.25, 0.3) is 0 Å². The Morgan fingerprint density at radius 1 is 1.26 bits per heavy atom. The van der Waals surface area contributed by atoms with Crippen LogP contribution in [0.1, 0.15) is 18.9 Å². The standard InChI is InChI=1S/C13H19ClO4S/c1-3-19(15,16)8-4-7-18-13-9-11(10-14)5-6-12(13)17-2/h5-6,9H,3-4,7-8,10H2,1-2H3. The Hall–Kier alpha value is -0.940. The number of sulfone groups is 1. The number of halogens is 1. The second-order valence-corrected chi connectivity index (χ2v) is 6.80. The third-order valence-electron chi connectivity index (χ3n) is 2.68. The first kappa shape index (κ1) is 16.1. The third-order valence-corrected chi connectivity index (χ3v) is 4.78. The second kappa shape index (κ2) is 7.60. The summed E-state index contributed by atoms with van der Waals surface area (Å²) in [6.45, 7) is 1.98. The van der Waals surface area contributed by atoms with Gasteiger partial charge in [0.2, 0.25) is 0 Å². The number of hydrogen-bond donors (Lipinski definition) is 0. The minimum Gasteiger partial charge on any atom is -0.493 e. The number of benzene rings is 1. The summed E-state index contributed by atoms with van der Waals surface area (Å²) in [7, 11) is -1.38. The number of hydrogen-bond acceptors (Lipinski definition) is 4. The monoisotopic (exact) mass is 306 g/mol. The van der Waals surface area contributed by atoms with Gasteiger partial charge in [-0.15, -0.1) is 11.6 Å². The van der Waals surface area contributed by atoms with Gasteiger partial charge in [0.05, 0.1) is 19.5 Å². The number of ether oxygens (including phenoxy) is 2. The van der Waals surface area contributed by atoms with E-state index < -0.39 is 9.84 Å². The highest BCUT2D eigenvalue weighted by atomic mass is 35.5. The van der Waals surface area contributed by atoms with Crippen LogP contribution in [-0.2, 0) is 15.7 Å². The van der Waals surface area contributed by atoms with Crippen LogP contribution >= 0.6 is 11.6 Å². The predicted octanol–water partition coefficient (Wildman–Crippen LogP) is 2.64. The van der Waals surface area contributed by atoms with Crippen molar-refractivity contribution in [3.05, 3.63) is 23.8 Å². The van der Waals surface area contributed by atoms with Gasteiger partial charge in [0.1, 0.15) is 9.84 Å². The van der Waals surface area contributed by atoms with Crippen LogP contribution in [-0.4, -0.2) is 33.6 Å². The maximum absolute atomic E-state index is 11.3. The van der Waals surface area contributed by atoms with Gasteiger partial charge in [0.15, 0.2) is 11.5 Å².